The van der Waals surface area contributed by atoms with Gasteiger partial charge in [0.25, 0.3) is 0 Å². The molecule has 0 saturated carbocycles. The third-order valence-electron chi connectivity index (χ3n) is 13.3. The van der Waals surface area contributed by atoms with Crippen molar-refractivity contribution in [3.05, 3.63) is 272 Å². The number of para-hydroxylation sites is 2. The van der Waals surface area contributed by atoms with Gasteiger partial charge in [-0.2, -0.15) is 0 Å². The van der Waals surface area contributed by atoms with Crippen molar-refractivity contribution in [2.24, 2.45) is 0 Å². The van der Waals surface area contributed by atoms with Crippen molar-refractivity contribution in [3.63, 3.8) is 0 Å². The van der Waals surface area contributed by atoms with Gasteiger partial charge in [-0.3, -0.25) is 0 Å². The maximum absolute atomic E-state index is 4.66. The summed E-state index contributed by atoms with van der Waals surface area (Å²) < 4.78 is 2.37. The van der Waals surface area contributed by atoms with Crippen molar-refractivity contribution >= 4 is 44.4 Å². The van der Waals surface area contributed by atoms with Gasteiger partial charge in [0.05, 0.1) is 16.4 Å². The molecule has 296 valence electrons. The molecular formula is C61H42N2. The first-order valence-electron chi connectivity index (χ1n) is 21.6. The molecule has 0 amide bonds. The number of hydrogen-bond acceptors (Lipinski definition) is 1. The molecule has 0 bridgehead atoms. The lowest BCUT2D eigenvalue weighted by Crippen LogP contribution is -2.26. The van der Waals surface area contributed by atoms with Crippen LogP contribution in [-0.4, -0.2) is 4.57 Å². The van der Waals surface area contributed by atoms with Gasteiger partial charge in [0, 0.05) is 33.5 Å². The zero-order chi connectivity index (χ0) is 42.1. The van der Waals surface area contributed by atoms with Crippen LogP contribution in [-0.2, 0) is 5.41 Å². The van der Waals surface area contributed by atoms with Crippen molar-refractivity contribution in [2.45, 2.75) is 5.41 Å². The maximum Gasteiger partial charge on any atom is 0.0725 e. The first-order chi connectivity index (χ1) is 31.1. The average molecular weight is 803 g/mol. The summed E-state index contributed by atoms with van der Waals surface area (Å²) in [4.78, 5) is 2.39. The van der Waals surface area contributed by atoms with E-state index >= 15 is 0 Å². The van der Waals surface area contributed by atoms with Gasteiger partial charge in [0.1, 0.15) is 0 Å². The minimum atomic E-state index is -0.482. The van der Waals surface area contributed by atoms with Crippen LogP contribution in [0.3, 0.4) is 0 Å². The van der Waals surface area contributed by atoms with Crippen molar-refractivity contribution in [1.82, 2.24) is 4.57 Å². The van der Waals surface area contributed by atoms with Gasteiger partial charge in [0.15, 0.2) is 0 Å². The highest BCUT2D eigenvalue weighted by Gasteiger charge is 2.52. The molecule has 1 atom stereocenters. The van der Waals surface area contributed by atoms with Gasteiger partial charge in [-0.1, -0.05) is 177 Å². The molecule has 1 heterocycles. The highest BCUT2D eigenvalue weighted by atomic mass is 15.1. The van der Waals surface area contributed by atoms with Crippen molar-refractivity contribution in [1.29, 1.82) is 0 Å². The van der Waals surface area contributed by atoms with Crippen molar-refractivity contribution < 1.29 is 0 Å². The molecule has 2 heteroatoms. The van der Waals surface area contributed by atoms with E-state index in [9.17, 15) is 0 Å². The minimum Gasteiger partial charge on any atom is -0.310 e. The third-order valence-corrected chi connectivity index (χ3v) is 13.3. The fourth-order valence-electron chi connectivity index (χ4n) is 10.6. The summed E-state index contributed by atoms with van der Waals surface area (Å²) in [7, 11) is 0. The minimum absolute atomic E-state index is 0.482. The van der Waals surface area contributed by atoms with Crippen LogP contribution in [0.4, 0.5) is 17.1 Å². The normalized spacial score (nSPS) is 15.5. The smallest absolute Gasteiger partial charge is 0.0725 e. The van der Waals surface area contributed by atoms with Crippen LogP contribution in [0.2, 0.25) is 0 Å². The number of rotatable bonds is 7. The molecule has 2 aliphatic rings. The Morgan fingerprint density at radius 1 is 0.413 bits per heavy atom. The van der Waals surface area contributed by atoms with Crippen molar-refractivity contribution in [3.8, 4) is 39.1 Å². The Morgan fingerprint density at radius 2 is 0.937 bits per heavy atom. The zero-order valence-electron chi connectivity index (χ0n) is 34.7. The van der Waals surface area contributed by atoms with Crippen LogP contribution in [0, 0.1) is 0 Å². The molecule has 0 N–H and O–H groups in total. The van der Waals surface area contributed by atoms with E-state index in [1.54, 1.807) is 0 Å². The lowest BCUT2D eigenvalue weighted by molar-refractivity contribution is 0.795. The van der Waals surface area contributed by atoms with E-state index in [4.69, 9.17) is 0 Å². The predicted octanol–water partition coefficient (Wildman–Crippen LogP) is 16.0. The van der Waals surface area contributed by atoms with Crippen LogP contribution >= 0.6 is 0 Å². The molecule has 0 fully saturated rings. The number of nitrogens with zero attached hydrogens (tertiary/aromatic N) is 2. The highest BCUT2D eigenvalue weighted by Crippen LogP contribution is 2.64. The zero-order valence-corrected chi connectivity index (χ0v) is 34.7. The number of benzene rings is 9. The molecule has 1 aromatic heterocycles. The molecule has 0 aliphatic heterocycles. The molecule has 63 heavy (non-hydrogen) atoms. The van der Waals surface area contributed by atoms with Crippen molar-refractivity contribution in [2.75, 3.05) is 4.90 Å². The Bertz CT molecular complexity index is 3460. The number of hydrogen-bond donors (Lipinski definition) is 0. The van der Waals surface area contributed by atoms with Gasteiger partial charge in [-0.05, 0) is 134 Å². The van der Waals surface area contributed by atoms with E-state index in [0.29, 0.717) is 0 Å². The largest absolute Gasteiger partial charge is 0.310 e. The summed E-state index contributed by atoms with van der Waals surface area (Å²) in [5, 5.41) is 2.49. The van der Waals surface area contributed by atoms with E-state index in [2.05, 4.69) is 247 Å². The van der Waals surface area contributed by atoms with E-state index in [-0.39, 0.29) is 0 Å². The van der Waals surface area contributed by atoms with E-state index in [1.165, 1.54) is 83.0 Å². The quantitative estimate of drug-likeness (QED) is 0.156. The van der Waals surface area contributed by atoms with Gasteiger partial charge in [-0.25, -0.2) is 0 Å². The maximum atomic E-state index is 4.66. The number of fused-ring (bicyclic) bond motifs is 10. The lowest BCUT2D eigenvalue weighted by Gasteiger charge is -2.31. The second kappa shape index (κ2) is 14.5. The fourth-order valence-corrected chi connectivity index (χ4v) is 10.6. The molecule has 2 aliphatic carbocycles. The summed E-state index contributed by atoms with van der Waals surface area (Å²) in [5.74, 6) is 0. The van der Waals surface area contributed by atoms with E-state index < -0.39 is 5.41 Å². The topological polar surface area (TPSA) is 8.17 Å². The SMILES string of the molecule is C=C/C=C1\C(=C)c2ccccc2C12c1ccccc1-c1cc(N(c3ccc(-c4ccccc4)cc3)c3ccc(-c4ccc5c(c4)c4ccccc4n5-c4ccccc4)cc3)ccc12. The monoisotopic (exact) mass is 802 g/mol. The van der Waals surface area contributed by atoms with E-state index in [1.807, 2.05) is 6.08 Å². The fraction of sp³-hybridized carbons (Fsp3) is 0.0164. The Balaban J connectivity index is 1.000. The molecule has 9 aromatic carbocycles. The molecule has 10 aromatic rings. The Kier molecular flexibility index (Phi) is 8.42. The molecule has 2 nitrogen and oxygen atoms in total. The molecule has 1 spiro atoms. The molecule has 1 unspecified atom stereocenters. The standard InChI is InChI=1S/C61H42N2/c1-3-16-55-41(2)50-21-10-13-24-56(50)61(55)57-25-14-11-22-51(57)53-40-49(36-37-58(53)61)62(47-32-27-43(28-33-47)42-17-6-4-7-18-42)48-34-29-44(30-35-48)45-31-38-60-54(39-45)52-23-12-15-26-59(52)63(60)46-19-8-5-9-20-46/h3-40H,1-2H2/b55-16+. The number of aromatic nitrogens is 1. The third kappa shape index (κ3) is 5.51. The first-order valence-corrected chi connectivity index (χ1v) is 21.6. The lowest BCUT2D eigenvalue weighted by atomic mass is 9.70. The Labute approximate surface area is 368 Å². The van der Waals surface area contributed by atoms with Crippen LogP contribution in [0.15, 0.2) is 249 Å². The summed E-state index contributed by atoms with van der Waals surface area (Å²) in [6.07, 6.45) is 4.08. The molecule has 0 radical (unpaired) electrons. The van der Waals surface area contributed by atoms with Crippen LogP contribution < -0.4 is 4.90 Å². The van der Waals surface area contributed by atoms with Gasteiger partial charge in [0.2, 0.25) is 0 Å². The number of allylic oxidation sites excluding steroid dienone is 4. The summed E-state index contributed by atoms with van der Waals surface area (Å²) >= 11 is 0. The van der Waals surface area contributed by atoms with Gasteiger partial charge in [-0.15, -0.1) is 0 Å². The van der Waals surface area contributed by atoms with E-state index in [0.717, 1.165) is 28.3 Å². The summed E-state index contributed by atoms with van der Waals surface area (Å²) in [5.41, 5.74) is 20.8. The average Bonchev–Trinajstić information content (AvgIpc) is 3.93. The molecular weight excluding hydrogens is 761 g/mol. The van der Waals surface area contributed by atoms with Gasteiger partial charge < -0.3 is 9.47 Å². The van der Waals surface area contributed by atoms with Crippen LogP contribution in [0.5, 0.6) is 0 Å². The molecule has 0 saturated heterocycles. The summed E-state index contributed by atoms with van der Waals surface area (Å²) in [6.45, 7) is 8.82. The second-order valence-electron chi connectivity index (χ2n) is 16.6. The van der Waals surface area contributed by atoms with Crippen LogP contribution in [0.1, 0.15) is 22.3 Å². The molecule has 12 rings (SSSR count). The van der Waals surface area contributed by atoms with Gasteiger partial charge >= 0.3 is 0 Å². The Morgan fingerprint density at radius 3 is 1.65 bits per heavy atom. The van der Waals surface area contributed by atoms with Crippen LogP contribution in [0.25, 0.3) is 66.4 Å². The highest BCUT2D eigenvalue weighted by molar-refractivity contribution is 6.10. The number of anilines is 3. The summed E-state index contributed by atoms with van der Waals surface area (Å²) in [6, 6.07) is 79.6. The Hall–Kier alpha value is -8.20. The second-order valence-corrected chi connectivity index (χ2v) is 16.6. The predicted molar refractivity (Wildman–Crippen MR) is 265 cm³/mol. The first kappa shape index (κ1) is 36.6.